The van der Waals surface area contributed by atoms with E-state index in [1.165, 1.54) is 35.2 Å². The molecular formula is C25H36N4OS. The van der Waals surface area contributed by atoms with Crippen LogP contribution in [0.15, 0.2) is 22.5 Å². The van der Waals surface area contributed by atoms with E-state index in [9.17, 15) is 4.79 Å². The van der Waals surface area contributed by atoms with Crippen molar-refractivity contribution >= 4 is 35.5 Å². The summed E-state index contributed by atoms with van der Waals surface area (Å²) < 4.78 is 2.36. The number of aliphatic imine (C=N–C) groups is 1. The third-order valence-electron chi connectivity index (χ3n) is 7.51. The maximum Gasteiger partial charge on any atom is 0.253 e. The Balaban J connectivity index is 1.33. The maximum atomic E-state index is 12.8. The number of hydrogen-bond donors (Lipinski definition) is 2. The Labute approximate surface area is 191 Å². The van der Waals surface area contributed by atoms with Gasteiger partial charge >= 0.3 is 0 Å². The van der Waals surface area contributed by atoms with Gasteiger partial charge in [0, 0.05) is 31.7 Å². The van der Waals surface area contributed by atoms with Crippen LogP contribution in [0.25, 0.3) is 6.08 Å². The van der Waals surface area contributed by atoms with Gasteiger partial charge in [-0.05, 0) is 79.7 Å². The summed E-state index contributed by atoms with van der Waals surface area (Å²) in [5, 5.41) is 8.58. The van der Waals surface area contributed by atoms with Gasteiger partial charge in [0.15, 0.2) is 0 Å². The van der Waals surface area contributed by atoms with Gasteiger partial charge in [0.05, 0.1) is 0 Å². The third kappa shape index (κ3) is 4.70. The molecule has 0 unspecified atom stereocenters. The molecule has 5 nitrogen and oxygen atoms in total. The van der Waals surface area contributed by atoms with Gasteiger partial charge in [-0.2, -0.15) is 0 Å². The minimum atomic E-state index is -0.518. The Morgan fingerprint density at radius 1 is 1.16 bits per heavy atom. The number of carbonyl (C=O) groups excluding carboxylic acids is 1. The molecule has 1 aromatic carbocycles. The molecule has 2 heterocycles. The summed E-state index contributed by atoms with van der Waals surface area (Å²) in [4.78, 5) is 17.8. The zero-order valence-electron chi connectivity index (χ0n) is 19.3. The predicted octanol–water partition coefficient (Wildman–Crippen LogP) is 5.15. The molecule has 1 spiro atoms. The molecule has 1 saturated carbocycles. The maximum absolute atomic E-state index is 12.8. The highest BCUT2D eigenvalue weighted by Crippen LogP contribution is 2.36. The van der Waals surface area contributed by atoms with Crippen molar-refractivity contribution in [2.45, 2.75) is 64.8 Å². The van der Waals surface area contributed by atoms with E-state index in [1.54, 1.807) is 11.9 Å². The van der Waals surface area contributed by atoms with E-state index in [0.717, 1.165) is 50.5 Å². The molecule has 2 fully saturated rings. The lowest BCUT2D eigenvalue weighted by Gasteiger charge is -2.34. The van der Waals surface area contributed by atoms with Crippen LogP contribution in [0.3, 0.4) is 0 Å². The Hall–Kier alpha value is -1.79. The Morgan fingerprint density at radius 2 is 1.87 bits per heavy atom. The molecule has 4 rings (SSSR count). The number of amides is 1. The smallest absolute Gasteiger partial charge is 0.253 e. The summed E-state index contributed by atoms with van der Waals surface area (Å²) >= 11 is 1.75. The second-order valence-electron chi connectivity index (χ2n) is 9.48. The van der Waals surface area contributed by atoms with Crippen LogP contribution in [-0.2, 0) is 4.79 Å². The number of benzene rings is 1. The molecule has 3 aliphatic rings. The monoisotopic (exact) mass is 440 g/mol. The lowest BCUT2D eigenvalue weighted by atomic mass is 9.82. The summed E-state index contributed by atoms with van der Waals surface area (Å²) in [6.07, 6.45) is 8.64. The van der Waals surface area contributed by atoms with Crippen molar-refractivity contribution in [3.8, 4) is 0 Å². The molecule has 0 atom stereocenters. The summed E-state index contributed by atoms with van der Waals surface area (Å²) in [6, 6.07) is 4.31. The first-order valence-electron chi connectivity index (χ1n) is 11.7. The zero-order chi connectivity index (χ0) is 22.0. The van der Waals surface area contributed by atoms with Crippen LogP contribution in [0.2, 0.25) is 0 Å². The quantitative estimate of drug-likeness (QED) is 0.622. The molecule has 6 heteroatoms. The van der Waals surface area contributed by atoms with Crippen LogP contribution in [0, 0.1) is 25.7 Å². The molecular weight excluding hydrogens is 404 g/mol. The molecule has 1 amide bonds. The highest BCUT2D eigenvalue weighted by molar-refractivity contribution is 8.00. The first kappa shape index (κ1) is 22.4. The first-order valence-corrected chi connectivity index (χ1v) is 12.5. The van der Waals surface area contributed by atoms with Crippen LogP contribution in [0.5, 0.6) is 0 Å². The summed E-state index contributed by atoms with van der Waals surface area (Å²) in [7, 11) is 1.96. The fourth-order valence-corrected chi connectivity index (χ4v) is 5.83. The van der Waals surface area contributed by atoms with Crippen molar-refractivity contribution in [1.82, 2.24) is 9.62 Å². The molecule has 2 aliphatic heterocycles. The standard InChI is InChI=1S/C25H36N4OS/c1-17-5-7-21(8-6-17)23-27-24(30)25(28-23)12-14-29(15-13-25)31-16-11-20-9-10-22(26-4)19(3)18(20)2/h9-11,16-17,21,26H,5-8,12-15H2,1-4H3,(H,27,28,30)/b16-11+. The second-order valence-corrected chi connectivity index (χ2v) is 10.5. The number of carbonyl (C=O) groups is 1. The SMILES string of the molecule is CNc1ccc(/C=C/SN2CCC3(CC2)N=C(C2CCC(C)CC2)NC3=O)c(C)c1C. The van der Waals surface area contributed by atoms with Crippen LogP contribution in [0.4, 0.5) is 5.69 Å². The minimum absolute atomic E-state index is 0.136. The zero-order valence-corrected chi connectivity index (χ0v) is 20.1. The average Bonchev–Trinajstić information content (AvgIpc) is 3.09. The summed E-state index contributed by atoms with van der Waals surface area (Å²) in [6.45, 7) is 8.43. The van der Waals surface area contributed by atoms with Gasteiger partial charge < -0.3 is 10.6 Å². The van der Waals surface area contributed by atoms with Crippen molar-refractivity contribution in [2.24, 2.45) is 16.8 Å². The normalized spacial score (nSPS) is 26.3. The fraction of sp³-hybridized carbons (Fsp3) is 0.600. The van der Waals surface area contributed by atoms with E-state index >= 15 is 0 Å². The van der Waals surface area contributed by atoms with Crippen molar-refractivity contribution in [1.29, 1.82) is 0 Å². The molecule has 1 aromatic rings. The molecule has 0 radical (unpaired) electrons. The van der Waals surface area contributed by atoms with Crippen LogP contribution in [0.1, 0.15) is 62.1 Å². The van der Waals surface area contributed by atoms with Crippen molar-refractivity contribution < 1.29 is 4.79 Å². The van der Waals surface area contributed by atoms with E-state index in [0.29, 0.717) is 5.92 Å². The van der Waals surface area contributed by atoms with Crippen molar-refractivity contribution in [3.63, 3.8) is 0 Å². The first-order chi connectivity index (χ1) is 14.9. The molecule has 1 aliphatic carbocycles. The largest absolute Gasteiger partial charge is 0.388 e. The third-order valence-corrected chi connectivity index (χ3v) is 8.43. The van der Waals surface area contributed by atoms with Crippen LogP contribution < -0.4 is 10.6 Å². The van der Waals surface area contributed by atoms with Crippen LogP contribution in [-0.4, -0.2) is 41.7 Å². The lowest BCUT2D eigenvalue weighted by molar-refractivity contribution is -0.124. The number of hydrogen-bond acceptors (Lipinski definition) is 5. The molecule has 1 saturated heterocycles. The lowest BCUT2D eigenvalue weighted by Crippen LogP contribution is -2.47. The second kappa shape index (κ2) is 9.37. The molecule has 31 heavy (non-hydrogen) atoms. The van der Waals surface area contributed by atoms with Crippen molar-refractivity contribution in [2.75, 3.05) is 25.5 Å². The summed E-state index contributed by atoms with van der Waals surface area (Å²) in [5.41, 5.74) is 4.52. The van der Waals surface area contributed by atoms with Gasteiger partial charge in [-0.1, -0.05) is 37.8 Å². The highest BCUT2D eigenvalue weighted by atomic mass is 32.2. The topological polar surface area (TPSA) is 56.7 Å². The Bertz CT molecular complexity index is 878. The molecule has 0 bridgehead atoms. The van der Waals surface area contributed by atoms with Crippen LogP contribution >= 0.6 is 11.9 Å². The number of rotatable bonds is 5. The number of amidine groups is 1. The minimum Gasteiger partial charge on any atom is -0.388 e. The number of nitrogens with one attached hydrogen (secondary N) is 2. The van der Waals surface area contributed by atoms with E-state index < -0.39 is 5.54 Å². The fourth-order valence-electron chi connectivity index (χ4n) is 5.05. The van der Waals surface area contributed by atoms with E-state index in [2.05, 4.69) is 59.3 Å². The number of nitrogens with zero attached hydrogens (tertiary/aromatic N) is 2. The summed E-state index contributed by atoms with van der Waals surface area (Å²) in [5.74, 6) is 2.38. The van der Waals surface area contributed by atoms with Gasteiger partial charge in [0.25, 0.3) is 5.91 Å². The average molecular weight is 441 g/mol. The van der Waals surface area contributed by atoms with E-state index in [4.69, 9.17) is 4.99 Å². The number of piperidine rings is 1. The molecule has 2 N–H and O–H groups in total. The van der Waals surface area contributed by atoms with E-state index in [-0.39, 0.29) is 5.91 Å². The van der Waals surface area contributed by atoms with Gasteiger partial charge in [0.2, 0.25) is 0 Å². The Morgan fingerprint density at radius 3 is 2.55 bits per heavy atom. The van der Waals surface area contributed by atoms with Gasteiger partial charge in [0.1, 0.15) is 11.4 Å². The van der Waals surface area contributed by atoms with Gasteiger partial charge in [-0.15, -0.1) is 0 Å². The predicted molar refractivity (Wildman–Crippen MR) is 132 cm³/mol. The van der Waals surface area contributed by atoms with Crippen molar-refractivity contribution in [3.05, 3.63) is 34.2 Å². The molecule has 0 aromatic heterocycles. The van der Waals surface area contributed by atoms with Gasteiger partial charge in [-0.3, -0.25) is 9.79 Å². The molecule has 168 valence electrons. The highest BCUT2D eigenvalue weighted by Gasteiger charge is 2.47. The van der Waals surface area contributed by atoms with Gasteiger partial charge in [-0.25, -0.2) is 4.31 Å². The Kier molecular flexibility index (Phi) is 6.77. The van der Waals surface area contributed by atoms with E-state index in [1.807, 2.05) is 7.05 Å². The number of anilines is 1.